The first-order chi connectivity index (χ1) is 14.6. The van der Waals surface area contributed by atoms with Crippen LogP contribution in [0.25, 0.3) is 5.95 Å². The topological polar surface area (TPSA) is 72.7 Å². The van der Waals surface area contributed by atoms with E-state index < -0.39 is 0 Å². The molecule has 0 radical (unpaired) electrons. The van der Waals surface area contributed by atoms with Crippen LogP contribution in [0.15, 0.2) is 24.3 Å². The van der Waals surface area contributed by atoms with Crippen LogP contribution in [0.2, 0.25) is 0 Å². The molecule has 0 aliphatic rings. The number of amides is 1. The van der Waals surface area contributed by atoms with Crippen molar-refractivity contribution in [3.8, 4) is 5.95 Å². The Balaban J connectivity index is 1.91. The monoisotopic (exact) mass is 419 g/mol. The molecular formula is C25H33N5O. The van der Waals surface area contributed by atoms with Crippen LogP contribution in [-0.4, -0.2) is 25.7 Å². The third kappa shape index (κ3) is 4.84. The highest BCUT2D eigenvalue weighted by atomic mass is 16.1. The van der Waals surface area contributed by atoms with Gasteiger partial charge in [-0.2, -0.15) is 5.10 Å². The van der Waals surface area contributed by atoms with Crippen LogP contribution < -0.4 is 5.32 Å². The minimum Gasteiger partial charge on any atom is -0.325 e. The van der Waals surface area contributed by atoms with Crippen molar-refractivity contribution in [1.29, 1.82) is 0 Å². The van der Waals surface area contributed by atoms with E-state index in [4.69, 9.17) is 0 Å². The van der Waals surface area contributed by atoms with Crippen molar-refractivity contribution < 1.29 is 4.79 Å². The highest BCUT2D eigenvalue weighted by molar-refractivity contribution is 5.94. The summed E-state index contributed by atoms with van der Waals surface area (Å²) in [5.41, 5.74) is 7.66. The lowest BCUT2D eigenvalue weighted by atomic mass is 9.92. The van der Waals surface area contributed by atoms with Crippen molar-refractivity contribution in [3.05, 3.63) is 63.7 Å². The predicted molar refractivity (Wildman–Crippen MR) is 125 cm³/mol. The average Bonchev–Trinajstić information content (AvgIpc) is 2.95. The third-order valence-corrected chi connectivity index (χ3v) is 5.58. The van der Waals surface area contributed by atoms with Gasteiger partial charge in [-0.15, -0.1) is 0 Å². The third-order valence-electron chi connectivity index (χ3n) is 5.58. The van der Waals surface area contributed by atoms with Gasteiger partial charge in [0.2, 0.25) is 5.91 Å². The van der Waals surface area contributed by atoms with Crippen molar-refractivity contribution in [2.45, 2.75) is 73.6 Å². The number of aryl methyl sites for hydroxylation is 3. The molecular weight excluding hydrogens is 386 g/mol. The lowest BCUT2D eigenvalue weighted by Crippen LogP contribution is -2.18. The molecule has 0 aliphatic heterocycles. The van der Waals surface area contributed by atoms with Crippen molar-refractivity contribution in [2.24, 2.45) is 0 Å². The van der Waals surface area contributed by atoms with E-state index >= 15 is 0 Å². The normalized spacial score (nSPS) is 11.4. The number of anilines is 1. The molecule has 2 aromatic heterocycles. The van der Waals surface area contributed by atoms with Crippen LogP contribution in [-0.2, 0) is 11.2 Å². The summed E-state index contributed by atoms with van der Waals surface area (Å²) in [6.45, 7) is 16.4. The summed E-state index contributed by atoms with van der Waals surface area (Å²) in [7, 11) is 0. The molecule has 3 aromatic rings. The summed E-state index contributed by atoms with van der Waals surface area (Å²) in [6.07, 6.45) is 0.256. The fourth-order valence-electron chi connectivity index (χ4n) is 3.97. The van der Waals surface area contributed by atoms with E-state index in [0.29, 0.717) is 17.8 Å². The molecule has 0 aliphatic carbocycles. The Labute approximate surface area is 185 Å². The zero-order chi connectivity index (χ0) is 22.9. The maximum Gasteiger partial charge on any atom is 0.251 e. The van der Waals surface area contributed by atoms with E-state index in [1.165, 1.54) is 0 Å². The van der Waals surface area contributed by atoms with Gasteiger partial charge in [-0.3, -0.25) is 4.79 Å². The van der Waals surface area contributed by atoms with Gasteiger partial charge in [0.15, 0.2) is 0 Å². The van der Waals surface area contributed by atoms with Crippen LogP contribution in [0.4, 0.5) is 5.69 Å². The van der Waals surface area contributed by atoms with Gasteiger partial charge >= 0.3 is 0 Å². The molecule has 0 saturated heterocycles. The fourth-order valence-corrected chi connectivity index (χ4v) is 3.97. The number of hydrogen-bond acceptors (Lipinski definition) is 4. The number of carbonyl (C=O) groups is 1. The molecule has 0 spiro atoms. The van der Waals surface area contributed by atoms with E-state index in [1.807, 2.05) is 33.8 Å². The largest absolute Gasteiger partial charge is 0.325 e. The van der Waals surface area contributed by atoms with Crippen molar-refractivity contribution in [2.75, 3.05) is 5.32 Å². The van der Waals surface area contributed by atoms with E-state index in [-0.39, 0.29) is 12.3 Å². The number of benzene rings is 1. The van der Waals surface area contributed by atoms with E-state index in [1.54, 1.807) is 4.68 Å². The van der Waals surface area contributed by atoms with E-state index in [9.17, 15) is 4.79 Å². The second-order valence-corrected chi connectivity index (χ2v) is 8.86. The van der Waals surface area contributed by atoms with Gasteiger partial charge in [-0.1, -0.05) is 45.9 Å². The second kappa shape index (κ2) is 9.00. The lowest BCUT2D eigenvalue weighted by molar-refractivity contribution is -0.115. The molecule has 1 aromatic carbocycles. The number of aromatic nitrogens is 4. The molecule has 1 amide bonds. The molecule has 31 heavy (non-hydrogen) atoms. The summed E-state index contributed by atoms with van der Waals surface area (Å²) in [4.78, 5) is 22.1. The van der Waals surface area contributed by atoms with Crippen LogP contribution in [0.1, 0.15) is 79.0 Å². The van der Waals surface area contributed by atoms with Gasteiger partial charge in [0.25, 0.3) is 5.95 Å². The van der Waals surface area contributed by atoms with E-state index in [0.717, 1.165) is 45.2 Å². The quantitative estimate of drug-likeness (QED) is 0.586. The van der Waals surface area contributed by atoms with E-state index in [2.05, 4.69) is 66.3 Å². The maximum atomic E-state index is 13.1. The number of rotatable bonds is 6. The Hall–Kier alpha value is -3.02. The van der Waals surface area contributed by atoms with Crippen LogP contribution in [0.5, 0.6) is 0 Å². The van der Waals surface area contributed by atoms with Crippen LogP contribution in [0.3, 0.4) is 0 Å². The molecule has 1 N–H and O–H groups in total. The standard InChI is InChI=1S/C25H33N5O/c1-14(2)20-10-9-11-21(15(3)4)24(20)28-23(31)13-22-18(7)29-30(19(22)8)25-26-16(5)12-17(6)27-25/h9-12,14-15H,13H2,1-8H3,(H,28,31). The summed E-state index contributed by atoms with van der Waals surface area (Å²) >= 11 is 0. The molecule has 0 bridgehead atoms. The molecule has 6 nitrogen and oxygen atoms in total. The van der Waals surface area contributed by atoms with Gasteiger partial charge in [0, 0.05) is 28.3 Å². The number of carbonyl (C=O) groups excluding carboxylic acids is 1. The first kappa shape index (κ1) is 22.7. The first-order valence-electron chi connectivity index (χ1n) is 10.9. The van der Waals surface area contributed by atoms with Gasteiger partial charge in [0.05, 0.1) is 12.1 Å². The van der Waals surface area contributed by atoms with Gasteiger partial charge in [-0.05, 0) is 56.7 Å². The summed E-state index contributed by atoms with van der Waals surface area (Å²) in [6, 6.07) is 8.20. The number of hydrogen-bond donors (Lipinski definition) is 1. The van der Waals surface area contributed by atoms with Crippen molar-refractivity contribution in [3.63, 3.8) is 0 Å². The molecule has 6 heteroatoms. The molecule has 164 valence electrons. The zero-order valence-electron chi connectivity index (χ0n) is 19.9. The van der Waals surface area contributed by atoms with Gasteiger partial charge in [-0.25, -0.2) is 14.6 Å². The van der Waals surface area contributed by atoms with Crippen LogP contribution in [0, 0.1) is 27.7 Å². The Morgan fingerprint density at radius 3 is 2.03 bits per heavy atom. The first-order valence-corrected chi connectivity index (χ1v) is 10.9. The van der Waals surface area contributed by atoms with Gasteiger partial charge in [0.1, 0.15) is 0 Å². The zero-order valence-corrected chi connectivity index (χ0v) is 19.9. The van der Waals surface area contributed by atoms with Crippen molar-refractivity contribution >= 4 is 11.6 Å². The summed E-state index contributed by atoms with van der Waals surface area (Å²) in [5, 5.41) is 7.83. The molecule has 0 unspecified atom stereocenters. The predicted octanol–water partition coefficient (Wildman–Crippen LogP) is 5.32. The smallest absolute Gasteiger partial charge is 0.251 e. The summed E-state index contributed by atoms with van der Waals surface area (Å²) in [5.74, 6) is 1.14. The second-order valence-electron chi connectivity index (χ2n) is 8.86. The van der Waals surface area contributed by atoms with Crippen LogP contribution >= 0.6 is 0 Å². The maximum absolute atomic E-state index is 13.1. The average molecular weight is 420 g/mol. The number of nitrogens with one attached hydrogen (secondary N) is 1. The lowest BCUT2D eigenvalue weighted by Gasteiger charge is -2.20. The Kier molecular flexibility index (Phi) is 6.58. The molecule has 0 atom stereocenters. The molecule has 3 rings (SSSR count). The SMILES string of the molecule is Cc1cc(C)nc(-n2nc(C)c(CC(=O)Nc3c(C(C)C)cccc3C(C)C)c2C)n1. The highest BCUT2D eigenvalue weighted by Gasteiger charge is 2.20. The molecule has 0 fully saturated rings. The minimum atomic E-state index is -0.0397. The Bertz CT molecular complexity index is 1060. The minimum absolute atomic E-state index is 0.0397. The van der Waals surface area contributed by atoms with Gasteiger partial charge < -0.3 is 5.32 Å². The number of nitrogens with zero attached hydrogens (tertiary/aromatic N) is 4. The Morgan fingerprint density at radius 1 is 0.968 bits per heavy atom. The summed E-state index contributed by atoms with van der Waals surface area (Å²) < 4.78 is 1.74. The fraction of sp³-hybridized carbons (Fsp3) is 0.440. The highest BCUT2D eigenvalue weighted by Crippen LogP contribution is 2.32. The molecule has 0 saturated carbocycles. The number of para-hydroxylation sites is 1. The molecule has 2 heterocycles. The van der Waals surface area contributed by atoms with Crippen molar-refractivity contribution in [1.82, 2.24) is 19.7 Å². The Morgan fingerprint density at radius 2 is 1.52 bits per heavy atom.